The van der Waals surface area contributed by atoms with Gasteiger partial charge in [-0.3, -0.25) is 4.79 Å². The maximum Gasteiger partial charge on any atom is 0.338 e. The van der Waals surface area contributed by atoms with E-state index in [9.17, 15) is 19.8 Å². The number of piperidine rings is 1. The predicted molar refractivity (Wildman–Crippen MR) is 237 cm³/mol. The predicted octanol–water partition coefficient (Wildman–Crippen LogP) is 7.86. The zero-order valence-electron chi connectivity index (χ0n) is 38.5. The molecule has 6 aliphatic rings. The van der Waals surface area contributed by atoms with Crippen molar-refractivity contribution in [1.82, 2.24) is 4.90 Å². The van der Waals surface area contributed by atoms with E-state index in [1.54, 1.807) is 45.6 Å². The van der Waals surface area contributed by atoms with Gasteiger partial charge in [-0.2, -0.15) is 0 Å². The van der Waals surface area contributed by atoms with Gasteiger partial charge in [0.15, 0.2) is 5.60 Å². The highest BCUT2D eigenvalue weighted by Crippen LogP contribution is 2.80. The summed E-state index contributed by atoms with van der Waals surface area (Å²) in [6.07, 6.45) is 21.1. The van der Waals surface area contributed by atoms with Gasteiger partial charge in [0, 0.05) is 76.0 Å². The maximum atomic E-state index is 14.5. The lowest BCUT2D eigenvalue weighted by Gasteiger charge is -2.69. The standard InChI is InChI=1S/C51H77NO10/c1-7-8-9-10-11-12-13-14-15-16-17-18-19-20-21-22-26-29-38(53)62-51-39-36(32-49(56,46(60-6)44(51)54)45(39)61-47(55)35-27-24-23-25-28-35)50-37(58-4)30-31-48(34-57-3)33-52(2)43(50)40(51)41(59-5)42(48)50/h11-12,14-15,23-25,27-28,36-37,39-46,54,56H,7-10,13,16-22,26,29-34H2,1-6H3/b12-11-,15-14-/t36-,37+,39-,40+,41+,42-,43?,44+,45-,46+,48+,49-,50+,51-/m1/s1. The summed E-state index contributed by atoms with van der Waals surface area (Å²) < 4.78 is 38.8. The van der Waals surface area contributed by atoms with Crippen molar-refractivity contribution in [3.05, 3.63) is 60.2 Å². The van der Waals surface area contributed by atoms with Crippen LogP contribution in [0.15, 0.2) is 54.6 Å². The Hall–Kier alpha value is -2.64. The highest BCUT2D eigenvalue weighted by Gasteiger charge is 2.91. The van der Waals surface area contributed by atoms with Gasteiger partial charge in [-0.05, 0) is 82.9 Å². The van der Waals surface area contributed by atoms with Crippen LogP contribution in [0.1, 0.15) is 126 Å². The molecular formula is C51H77NO10. The van der Waals surface area contributed by atoms with E-state index < -0.39 is 70.7 Å². The summed E-state index contributed by atoms with van der Waals surface area (Å²) in [5.41, 5.74) is -4.00. The first-order valence-electron chi connectivity index (χ1n) is 24.0. The lowest BCUT2D eigenvalue weighted by atomic mass is 9.43. The number of hydrogen-bond donors (Lipinski definition) is 2. The molecular weight excluding hydrogens is 787 g/mol. The first-order valence-corrected chi connectivity index (χ1v) is 24.0. The van der Waals surface area contributed by atoms with E-state index in [1.807, 2.05) is 6.07 Å². The van der Waals surface area contributed by atoms with E-state index in [0.717, 1.165) is 51.5 Å². The molecule has 0 radical (unpaired) electrons. The van der Waals surface area contributed by atoms with Crippen LogP contribution in [0, 0.1) is 34.5 Å². The number of carbonyl (C=O) groups excluding carboxylic acids is 2. The summed E-state index contributed by atoms with van der Waals surface area (Å²) in [5, 5.41) is 26.0. The number of unbranched alkanes of at least 4 members (excludes halogenated alkanes) is 10. The van der Waals surface area contributed by atoms with Gasteiger partial charge in [0.25, 0.3) is 0 Å². The number of ether oxygens (including phenoxy) is 6. The Bertz CT molecular complexity index is 1710. The van der Waals surface area contributed by atoms with Crippen molar-refractivity contribution in [2.45, 2.75) is 164 Å². The first kappa shape index (κ1) is 47.3. The molecule has 11 nitrogen and oxygen atoms in total. The van der Waals surface area contributed by atoms with E-state index >= 15 is 0 Å². The van der Waals surface area contributed by atoms with Crippen molar-refractivity contribution in [2.24, 2.45) is 34.5 Å². The van der Waals surface area contributed by atoms with Crippen molar-refractivity contribution >= 4 is 11.9 Å². The number of aliphatic hydroxyl groups is 2. The van der Waals surface area contributed by atoms with Crippen molar-refractivity contribution < 1.29 is 48.2 Å². The summed E-state index contributed by atoms with van der Waals surface area (Å²) in [5.74, 6) is -2.83. The van der Waals surface area contributed by atoms with Crippen LogP contribution in [0.3, 0.4) is 0 Å². The second kappa shape index (κ2) is 20.3. The number of esters is 2. The molecule has 1 aromatic rings. The topological polar surface area (TPSA) is 133 Å². The highest BCUT2D eigenvalue weighted by molar-refractivity contribution is 5.89. The van der Waals surface area contributed by atoms with Crippen LogP contribution in [0.4, 0.5) is 0 Å². The van der Waals surface area contributed by atoms with Gasteiger partial charge in [-0.25, -0.2) is 4.79 Å². The van der Waals surface area contributed by atoms with Crippen LogP contribution >= 0.6 is 0 Å². The van der Waals surface area contributed by atoms with Crippen molar-refractivity contribution in [3.8, 4) is 0 Å². The van der Waals surface area contributed by atoms with Crippen LogP contribution < -0.4 is 0 Å². The molecule has 14 atom stereocenters. The molecule has 1 heterocycles. The molecule has 7 bridgehead atoms. The minimum atomic E-state index is -1.78. The minimum absolute atomic E-state index is 0.115. The molecule has 1 spiro atoms. The molecule has 6 fully saturated rings. The fourth-order valence-corrected chi connectivity index (χ4v) is 14.7. The Morgan fingerprint density at radius 3 is 2.16 bits per heavy atom. The van der Waals surface area contributed by atoms with Crippen LogP contribution in [-0.4, -0.2) is 123 Å². The quantitative estimate of drug-likeness (QED) is 0.0598. The van der Waals surface area contributed by atoms with E-state index in [0.29, 0.717) is 18.6 Å². The smallest absolute Gasteiger partial charge is 0.338 e. The number of benzene rings is 1. The molecule has 5 aliphatic carbocycles. The fraction of sp³-hybridized carbons (Fsp3) is 0.765. The Kier molecular flexibility index (Phi) is 15.5. The third kappa shape index (κ3) is 7.95. The molecule has 0 aromatic heterocycles. The van der Waals surface area contributed by atoms with Gasteiger partial charge < -0.3 is 43.5 Å². The Morgan fingerprint density at radius 1 is 0.839 bits per heavy atom. The van der Waals surface area contributed by atoms with Crippen LogP contribution in [0.2, 0.25) is 0 Å². The fourth-order valence-electron chi connectivity index (χ4n) is 14.7. The number of aliphatic hydroxyl groups excluding tert-OH is 1. The van der Waals surface area contributed by atoms with E-state index in [2.05, 4.69) is 43.2 Å². The molecule has 0 amide bonds. The van der Waals surface area contributed by atoms with Crippen molar-refractivity contribution in [3.63, 3.8) is 0 Å². The average Bonchev–Trinajstić information content (AvgIpc) is 3.66. The van der Waals surface area contributed by atoms with E-state index in [4.69, 9.17) is 28.4 Å². The van der Waals surface area contributed by atoms with Crippen molar-refractivity contribution in [1.29, 1.82) is 0 Å². The Morgan fingerprint density at radius 2 is 1.52 bits per heavy atom. The molecule has 62 heavy (non-hydrogen) atoms. The van der Waals surface area contributed by atoms with Crippen LogP contribution in [0.5, 0.6) is 0 Å². The number of nitrogens with zero attached hydrogens (tertiary/aromatic N) is 1. The third-order valence-corrected chi connectivity index (χ3v) is 16.6. The monoisotopic (exact) mass is 864 g/mol. The lowest BCUT2D eigenvalue weighted by molar-refractivity contribution is -0.317. The van der Waals surface area contributed by atoms with E-state index in [-0.39, 0.29) is 36.3 Å². The molecule has 7 rings (SSSR count). The number of hydrogen-bond acceptors (Lipinski definition) is 11. The maximum absolute atomic E-state index is 14.5. The summed E-state index contributed by atoms with van der Waals surface area (Å²) in [6, 6.07) is 8.51. The molecule has 1 unspecified atom stereocenters. The minimum Gasteiger partial charge on any atom is -0.455 e. The zero-order chi connectivity index (χ0) is 44.1. The van der Waals surface area contributed by atoms with Gasteiger partial charge in [0.05, 0.1) is 24.4 Å². The summed E-state index contributed by atoms with van der Waals surface area (Å²) in [4.78, 5) is 31.0. The largest absolute Gasteiger partial charge is 0.455 e. The Balaban J connectivity index is 1.11. The molecule has 2 N–H and O–H groups in total. The number of fused-ring (bicyclic) bond motifs is 2. The molecule has 346 valence electrons. The lowest BCUT2D eigenvalue weighted by Crippen LogP contribution is -2.80. The molecule has 5 saturated carbocycles. The van der Waals surface area contributed by atoms with E-state index in [1.165, 1.54) is 52.1 Å². The van der Waals surface area contributed by atoms with Gasteiger partial charge in [0.1, 0.15) is 23.9 Å². The number of methoxy groups -OCH3 is 4. The zero-order valence-corrected chi connectivity index (χ0v) is 38.5. The highest BCUT2D eigenvalue weighted by atomic mass is 16.6. The third-order valence-electron chi connectivity index (χ3n) is 16.6. The number of likely N-dealkylation sites (tertiary alicyclic amines) is 1. The summed E-state index contributed by atoms with van der Waals surface area (Å²) >= 11 is 0. The number of carbonyl (C=O) groups is 2. The van der Waals surface area contributed by atoms with Gasteiger partial charge >= 0.3 is 11.9 Å². The van der Waals surface area contributed by atoms with Crippen molar-refractivity contribution in [2.75, 3.05) is 48.6 Å². The normalized spacial score (nSPS) is 39.2. The average molecular weight is 864 g/mol. The van der Waals surface area contributed by atoms with Gasteiger partial charge in [-0.1, -0.05) is 94.4 Å². The first-order chi connectivity index (χ1) is 30.1. The summed E-state index contributed by atoms with van der Waals surface area (Å²) in [6.45, 7) is 3.47. The summed E-state index contributed by atoms with van der Waals surface area (Å²) in [7, 11) is 8.81. The molecule has 1 aromatic carbocycles. The second-order valence-electron chi connectivity index (χ2n) is 19.8. The van der Waals surface area contributed by atoms with Gasteiger partial charge in [0.2, 0.25) is 0 Å². The van der Waals surface area contributed by atoms with Gasteiger partial charge in [-0.15, -0.1) is 0 Å². The van der Waals surface area contributed by atoms with Crippen LogP contribution in [0.25, 0.3) is 0 Å². The SMILES string of the molecule is CCCCC/C=C\C/C=C\CCCCCCCCCC(=O)O[C@]12[C@H]3[C@@H](OC(=O)c4ccccc4)[C@](O)(C[C@H]3[C@@]34C5[C@@H]1[C@H](OC)[C@@H]3[C@@](COC)(CC[C@@H]4OC)CN5C)[C@@H](OC)[C@@H]2O. The van der Waals surface area contributed by atoms with Crippen LogP contribution in [-0.2, 0) is 33.2 Å². The molecule has 1 aliphatic heterocycles. The second-order valence-corrected chi connectivity index (χ2v) is 19.8. The molecule has 1 saturated heterocycles. The Labute approximate surface area is 371 Å². The number of rotatable bonds is 24. The molecule has 11 heteroatoms. The number of allylic oxidation sites excluding steroid dienone is 4.